The van der Waals surface area contributed by atoms with Crippen LogP contribution >= 0.6 is 0 Å². The molecular formula is C28H28N4O4. The van der Waals surface area contributed by atoms with E-state index in [1.807, 2.05) is 50.2 Å². The van der Waals surface area contributed by atoms with Crippen molar-refractivity contribution in [2.45, 2.75) is 32.2 Å². The minimum absolute atomic E-state index is 0.0632. The number of aromatic nitrogens is 3. The van der Waals surface area contributed by atoms with Crippen molar-refractivity contribution < 1.29 is 19.2 Å². The molecule has 0 saturated carbocycles. The zero-order valence-electron chi connectivity index (χ0n) is 20.5. The summed E-state index contributed by atoms with van der Waals surface area (Å²) in [5, 5.41) is 7.93. The van der Waals surface area contributed by atoms with Crippen LogP contribution in [0.15, 0.2) is 72.8 Å². The van der Waals surface area contributed by atoms with Crippen LogP contribution in [0.5, 0.6) is 0 Å². The van der Waals surface area contributed by atoms with Gasteiger partial charge < -0.3 is 9.57 Å². The third-order valence-corrected chi connectivity index (χ3v) is 6.56. The Morgan fingerprint density at radius 2 is 1.56 bits per heavy atom. The Hall–Kier alpha value is -4.20. The molecule has 1 amide bonds. The molecule has 0 unspecified atom stereocenters. The Kier molecular flexibility index (Phi) is 6.41. The van der Waals surface area contributed by atoms with Gasteiger partial charge in [0, 0.05) is 13.0 Å². The molecule has 1 aliphatic rings. The maximum absolute atomic E-state index is 13.2. The van der Waals surface area contributed by atoms with E-state index >= 15 is 0 Å². The van der Waals surface area contributed by atoms with Crippen molar-refractivity contribution in [3.63, 3.8) is 0 Å². The fourth-order valence-corrected chi connectivity index (χ4v) is 4.74. The second kappa shape index (κ2) is 9.81. The van der Waals surface area contributed by atoms with E-state index in [9.17, 15) is 9.59 Å². The van der Waals surface area contributed by atoms with Crippen LogP contribution in [0.3, 0.4) is 0 Å². The Morgan fingerprint density at radius 3 is 2.22 bits per heavy atom. The number of para-hydroxylation sites is 1. The number of rotatable bonds is 7. The number of amides is 1. The molecule has 4 aromatic rings. The van der Waals surface area contributed by atoms with E-state index in [4.69, 9.17) is 9.57 Å². The monoisotopic (exact) mass is 484 g/mol. The van der Waals surface area contributed by atoms with E-state index in [-0.39, 0.29) is 18.4 Å². The van der Waals surface area contributed by atoms with E-state index in [1.165, 1.54) is 4.90 Å². The number of carbonyl (C=O) groups excluding carboxylic acids is 2. The predicted molar refractivity (Wildman–Crippen MR) is 135 cm³/mol. The Morgan fingerprint density at radius 1 is 0.944 bits per heavy atom. The zero-order chi connectivity index (χ0) is 25.2. The minimum atomic E-state index is -0.844. The fourth-order valence-electron chi connectivity index (χ4n) is 4.74. The number of likely N-dealkylation sites (N-methyl/N-ethyl adjacent to an activating group) is 1. The van der Waals surface area contributed by atoms with Crippen molar-refractivity contribution in [3.05, 3.63) is 83.9 Å². The lowest BCUT2D eigenvalue weighted by atomic mass is 9.98. The smallest absolute Gasteiger partial charge is 0.410 e. The number of fused-ring (bicyclic) bond motifs is 4. The lowest BCUT2D eigenvalue weighted by Crippen LogP contribution is -2.47. The van der Waals surface area contributed by atoms with Gasteiger partial charge in [0.2, 0.25) is 0 Å². The van der Waals surface area contributed by atoms with Gasteiger partial charge in [0.25, 0.3) is 0 Å². The largest absolute Gasteiger partial charge is 0.448 e. The topological polar surface area (TPSA) is 86.6 Å². The van der Waals surface area contributed by atoms with E-state index in [1.54, 1.807) is 19.2 Å². The molecule has 1 heterocycles. The maximum atomic E-state index is 13.2. The highest BCUT2D eigenvalue weighted by molar-refractivity contribution is 5.83. The summed E-state index contributed by atoms with van der Waals surface area (Å²) in [5.41, 5.74) is 5.75. The van der Waals surface area contributed by atoms with E-state index in [2.05, 4.69) is 34.6 Å². The summed E-state index contributed by atoms with van der Waals surface area (Å²) >= 11 is 0. The zero-order valence-corrected chi connectivity index (χ0v) is 20.5. The van der Waals surface area contributed by atoms with Gasteiger partial charge in [-0.1, -0.05) is 79.4 Å². The van der Waals surface area contributed by atoms with Gasteiger partial charge in [0.05, 0.1) is 0 Å². The minimum Gasteiger partial charge on any atom is -0.448 e. The average Bonchev–Trinajstić information content (AvgIpc) is 3.44. The lowest BCUT2D eigenvalue weighted by Gasteiger charge is -2.27. The molecule has 0 fully saturated rings. The summed E-state index contributed by atoms with van der Waals surface area (Å²) < 4.78 is 5.76. The molecule has 0 saturated heterocycles. The lowest BCUT2D eigenvalue weighted by molar-refractivity contribution is -0.151. The van der Waals surface area contributed by atoms with Gasteiger partial charge in [0.15, 0.2) is 0 Å². The van der Waals surface area contributed by atoms with E-state index < -0.39 is 18.1 Å². The first-order valence-corrected chi connectivity index (χ1v) is 12.0. The van der Waals surface area contributed by atoms with Crippen LogP contribution in [0.2, 0.25) is 0 Å². The summed E-state index contributed by atoms with van der Waals surface area (Å²) in [6.07, 6.45) is -0.172. The number of ether oxygens (including phenoxy) is 1. The normalized spacial score (nSPS) is 13.3. The molecule has 0 spiro atoms. The van der Waals surface area contributed by atoms with Crippen molar-refractivity contribution in [3.8, 4) is 11.1 Å². The van der Waals surface area contributed by atoms with Crippen LogP contribution in [0.25, 0.3) is 22.2 Å². The molecule has 0 radical (unpaired) electrons. The molecule has 8 heteroatoms. The fraction of sp³-hybridized carbons (Fsp3) is 0.286. The number of hydrogen-bond acceptors (Lipinski definition) is 6. The highest BCUT2D eigenvalue weighted by Gasteiger charge is 2.33. The SMILES string of the molecule is CC(C)C[C@@H](C(=O)On1nnc2ccccc21)N(C)C(=O)OCC1c2ccccc2-c2ccccc21. The first kappa shape index (κ1) is 23.5. The highest BCUT2D eigenvalue weighted by atomic mass is 16.7. The summed E-state index contributed by atoms with van der Waals surface area (Å²) in [5.74, 6) is -0.527. The van der Waals surface area contributed by atoms with Crippen molar-refractivity contribution in [2.75, 3.05) is 13.7 Å². The first-order chi connectivity index (χ1) is 17.4. The van der Waals surface area contributed by atoms with E-state index in [0.717, 1.165) is 27.1 Å². The molecule has 0 bridgehead atoms. The van der Waals surface area contributed by atoms with Gasteiger partial charge in [-0.2, -0.15) is 0 Å². The van der Waals surface area contributed by atoms with Crippen molar-refractivity contribution in [1.82, 2.24) is 20.1 Å². The second-order valence-electron chi connectivity index (χ2n) is 9.42. The van der Waals surface area contributed by atoms with Gasteiger partial charge in [-0.15, -0.1) is 5.10 Å². The van der Waals surface area contributed by atoms with Crippen molar-refractivity contribution in [2.24, 2.45) is 5.92 Å². The van der Waals surface area contributed by atoms with Crippen molar-refractivity contribution >= 4 is 23.1 Å². The summed E-state index contributed by atoms with van der Waals surface area (Å²) in [4.78, 5) is 34.2. The quantitative estimate of drug-likeness (QED) is 0.354. The molecule has 1 aliphatic carbocycles. The second-order valence-corrected chi connectivity index (χ2v) is 9.42. The number of hydrogen-bond donors (Lipinski definition) is 0. The van der Waals surface area contributed by atoms with Crippen LogP contribution in [0, 0.1) is 5.92 Å². The van der Waals surface area contributed by atoms with Crippen LogP contribution in [-0.4, -0.2) is 51.8 Å². The number of carbonyl (C=O) groups is 2. The van der Waals surface area contributed by atoms with Crippen molar-refractivity contribution in [1.29, 1.82) is 0 Å². The standard InChI is InChI=1S/C28H28N4O4/c1-18(2)16-26(27(33)36-32-25-15-9-8-14-24(25)29-30-32)31(3)28(34)35-17-23-21-12-6-4-10-19(21)20-11-5-7-13-22(20)23/h4-15,18,23,26H,16-17H2,1-3H3/t26-/m0/s1. The third-order valence-electron chi connectivity index (χ3n) is 6.56. The molecule has 36 heavy (non-hydrogen) atoms. The average molecular weight is 485 g/mol. The Balaban J connectivity index is 1.31. The van der Waals surface area contributed by atoms with Gasteiger partial charge in [-0.05, 0) is 51.9 Å². The molecule has 0 N–H and O–H groups in total. The molecule has 0 aliphatic heterocycles. The molecule has 184 valence electrons. The number of nitrogens with zero attached hydrogens (tertiary/aromatic N) is 4. The summed E-state index contributed by atoms with van der Waals surface area (Å²) in [7, 11) is 1.56. The predicted octanol–water partition coefficient (Wildman–Crippen LogP) is 4.68. The molecule has 1 aromatic heterocycles. The first-order valence-electron chi connectivity index (χ1n) is 12.0. The molecule has 8 nitrogen and oxygen atoms in total. The molecule has 5 rings (SSSR count). The van der Waals surface area contributed by atoms with Crippen LogP contribution in [0.4, 0.5) is 4.79 Å². The third kappa shape index (κ3) is 4.42. The molecular weight excluding hydrogens is 456 g/mol. The van der Waals surface area contributed by atoms with Gasteiger partial charge in [-0.3, -0.25) is 4.90 Å². The summed E-state index contributed by atoms with van der Waals surface area (Å²) in [6, 6.07) is 22.7. The molecule has 1 atom stereocenters. The van der Waals surface area contributed by atoms with Gasteiger partial charge in [0.1, 0.15) is 23.7 Å². The Bertz CT molecular complexity index is 1370. The van der Waals surface area contributed by atoms with Crippen LogP contribution in [0.1, 0.15) is 37.3 Å². The van der Waals surface area contributed by atoms with Gasteiger partial charge in [-0.25, -0.2) is 9.59 Å². The van der Waals surface area contributed by atoms with Crippen LogP contribution in [-0.2, 0) is 9.53 Å². The van der Waals surface area contributed by atoms with Crippen LogP contribution < -0.4 is 4.84 Å². The number of benzene rings is 3. The van der Waals surface area contributed by atoms with E-state index in [0.29, 0.717) is 17.5 Å². The van der Waals surface area contributed by atoms with Gasteiger partial charge >= 0.3 is 12.1 Å². The Labute approximate surface area is 209 Å². The molecule has 3 aromatic carbocycles. The summed E-state index contributed by atoms with van der Waals surface area (Å²) in [6.45, 7) is 4.14. The highest BCUT2D eigenvalue weighted by Crippen LogP contribution is 2.44. The maximum Gasteiger partial charge on any atom is 0.410 e.